The Kier molecular flexibility index (Phi) is 2.83. The molecule has 0 saturated heterocycles. The Morgan fingerprint density at radius 3 is 2.65 bits per heavy atom. The number of fused-ring (bicyclic) bond motifs is 1. The van der Waals surface area contributed by atoms with Crippen LogP contribution in [-0.2, 0) is 0 Å². The Morgan fingerprint density at radius 2 is 2.00 bits per heavy atom. The highest BCUT2D eigenvalue weighted by molar-refractivity contribution is 7.15. The van der Waals surface area contributed by atoms with E-state index in [-0.39, 0.29) is 11.2 Å². The third kappa shape index (κ3) is 1.97. The molecule has 3 rings (SSSR count). The number of nitro groups is 1. The number of nitro benzene ring substituents is 1. The summed E-state index contributed by atoms with van der Waals surface area (Å²) in [5.74, 6) is 0. The van der Waals surface area contributed by atoms with Gasteiger partial charge in [0.25, 0.3) is 11.2 Å². The average molecular weight is 287 g/mol. The number of aromatic nitrogens is 2. The average Bonchev–Trinajstić information content (AvgIpc) is 2.82. The largest absolute Gasteiger partial charge is 0.269 e. The maximum atomic E-state index is 12.1. The standard InChI is InChI=1S/C13H9N3O3S/c1-8-6-12(17)15-11(7-20-13(15)14-8)9-2-4-10(5-3-9)16(18)19/h2-7H,1H3. The van der Waals surface area contributed by atoms with Gasteiger partial charge in [-0.25, -0.2) is 4.98 Å². The summed E-state index contributed by atoms with van der Waals surface area (Å²) < 4.78 is 1.51. The van der Waals surface area contributed by atoms with Crippen LogP contribution in [0.15, 0.2) is 40.5 Å². The van der Waals surface area contributed by atoms with Crippen molar-refractivity contribution < 1.29 is 4.92 Å². The molecule has 0 fully saturated rings. The van der Waals surface area contributed by atoms with Gasteiger partial charge in [0, 0.05) is 34.8 Å². The quantitative estimate of drug-likeness (QED) is 0.536. The van der Waals surface area contributed by atoms with Crippen molar-refractivity contribution in [2.24, 2.45) is 0 Å². The molecule has 0 atom stereocenters. The molecule has 0 spiro atoms. The maximum absolute atomic E-state index is 12.1. The van der Waals surface area contributed by atoms with Gasteiger partial charge in [-0.2, -0.15) is 0 Å². The third-order valence-corrected chi connectivity index (χ3v) is 3.73. The van der Waals surface area contributed by atoms with Crippen molar-refractivity contribution in [2.45, 2.75) is 6.92 Å². The normalized spacial score (nSPS) is 10.8. The van der Waals surface area contributed by atoms with Crippen LogP contribution in [0.25, 0.3) is 16.2 Å². The second kappa shape index (κ2) is 4.53. The Bertz CT molecular complexity index is 865. The molecule has 0 aliphatic rings. The summed E-state index contributed by atoms with van der Waals surface area (Å²) in [6, 6.07) is 7.57. The zero-order valence-corrected chi connectivity index (χ0v) is 11.3. The Balaban J connectivity index is 2.20. The van der Waals surface area contributed by atoms with E-state index >= 15 is 0 Å². The molecule has 3 aromatic rings. The molecule has 100 valence electrons. The van der Waals surface area contributed by atoms with E-state index in [0.29, 0.717) is 16.3 Å². The lowest BCUT2D eigenvalue weighted by Crippen LogP contribution is -2.13. The van der Waals surface area contributed by atoms with E-state index in [1.54, 1.807) is 19.1 Å². The summed E-state index contributed by atoms with van der Waals surface area (Å²) in [7, 11) is 0. The molecule has 6 nitrogen and oxygen atoms in total. The van der Waals surface area contributed by atoms with Crippen molar-refractivity contribution in [3.63, 3.8) is 0 Å². The van der Waals surface area contributed by atoms with E-state index in [4.69, 9.17) is 0 Å². The number of aryl methyl sites for hydroxylation is 1. The Hall–Kier alpha value is -2.54. The zero-order valence-electron chi connectivity index (χ0n) is 10.4. The lowest BCUT2D eigenvalue weighted by atomic mass is 10.1. The zero-order chi connectivity index (χ0) is 14.3. The molecule has 0 radical (unpaired) electrons. The molecule has 0 aliphatic carbocycles. The minimum absolute atomic E-state index is 0.0228. The number of hydrogen-bond acceptors (Lipinski definition) is 5. The van der Waals surface area contributed by atoms with Crippen molar-refractivity contribution in [1.82, 2.24) is 9.38 Å². The first-order valence-corrected chi connectivity index (χ1v) is 6.67. The van der Waals surface area contributed by atoms with Gasteiger partial charge in [0.2, 0.25) is 0 Å². The van der Waals surface area contributed by atoms with Gasteiger partial charge in [-0.3, -0.25) is 19.3 Å². The Labute approximate surface area is 117 Å². The molecule has 0 N–H and O–H groups in total. The number of non-ortho nitro benzene ring substituents is 1. The summed E-state index contributed by atoms with van der Waals surface area (Å²) in [6.07, 6.45) is 0. The molecular weight excluding hydrogens is 278 g/mol. The van der Waals surface area contributed by atoms with Gasteiger partial charge < -0.3 is 0 Å². The van der Waals surface area contributed by atoms with Crippen LogP contribution in [-0.4, -0.2) is 14.3 Å². The van der Waals surface area contributed by atoms with Gasteiger partial charge in [0.1, 0.15) is 0 Å². The van der Waals surface area contributed by atoms with Crippen LogP contribution < -0.4 is 5.56 Å². The van der Waals surface area contributed by atoms with E-state index in [1.165, 1.54) is 33.9 Å². The van der Waals surface area contributed by atoms with Gasteiger partial charge in [-0.1, -0.05) is 0 Å². The van der Waals surface area contributed by atoms with Crippen LogP contribution in [0.5, 0.6) is 0 Å². The van der Waals surface area contributed by atoms with Crippen molar-refractivity contribution in [3.8, 4) is 11.3 Å². The maximum Gasteiger partial charge on any atom is 0.269 e. The number of hydrogen-bond donors (Lipinski definition) is 0. The predicted octanol–water partition coefficient (Wildman–Crippen LogP) is 2.64. The number of benzene rings is 1. The topological polar surface area (TPSA) is 77.5 Å². The molecule has 20 heavy (non-hydrogen) atoms. The van der Waals surface area contributed by atoms with Gasteiger partial charge in [0.05, 0.1) is 10.6 Å². The first kappa shape index (κ1) is 12.5. The Morgan fingerprint density at radius 1 is 1.30 bits per heavy atom. The first-order valence-electron chi connectivity index (χ1n) is 5.79. The first-order chi connectivity index (χ1) is 9.56. The van der Waals surface area contributed by atoms with Crippen LogP contribution in [0.4, 0.5) is 5.69 Å². The molecule has 7 heteroatoms. The fourth-order valence-electron chi connectivity index (χ4n) is 1.98. The van der Waals surface area contributed by atoms with Gasteiger partial charge >= 0.3 is 0 Å². The lowest BCUT2D eigenvalue weighted by molar-refractivity contribution is -0.384. The van der Waals surface area contributed by atoms with E-state index in [0.717, 1.165) is 5.56 Å². The smallest absolute Gasteiger partial charge is 0.269 e. The van der Waals surface area contributed by atoms with Gasteiger partial charge in [-0.05, 0) is 19.1 Å². The molecule has 0 bridgehead atoms. The second-order valence-electron chi connectivity index (χ2n) is 4.28. The predicted molar refractivity (Wildman–Crippen MR) is 76.2 cm³/mol. The summed E-state index contributed by atoms with van der Waals surface area (Å²) >= 11 is 1.37. The molecule has 2 aromatic heterocycles. The minimum Gasteiger partial charge on any atom is -0.269 e. The van der Waals surface area contributed by atoms with Crippen LogP contribution >= 0.6 is 11.3 Å². The van der Waals surface area contributed by atoms with E-state index < -0.39 is 4.92 Å². The number of thiazole rings is 1. The van der Waals surface area contributed by atoms with E-state index in [9.17, 15) is 14.9 Å². The highest BCUT2D eigenvalue weighted by Crippen LogP contribution is 2.25. The van der Waals surface area contributed by atoms with Crippen LogP contribution in [0.3, 0.4) is 0 Å². The highest BCUT2D eigenvalue weighted by atomic mass is 32.1. The minimum atomic E-state index is -0.452. The molecule has 0 amide bonds. The summed E-state index contributed by atoms with van der Waals surface area (Å²) in [4.78, 5) is 27.2. The van der Waals surface area contributed by atoms with Crippen LogP contribution in [0, 0.1) is 17.0 Å². The lowest BCUT2D eigenvalue weighted by Gasteiger charge is -2.01. The summed E-state index contributed by atoms with van der Waals surface area (Å²) in [5, 5.41) is 12.5. The number of nitrogens with zero attached hydrogens (tertiary/aromatic N) is 3. The second-order valence-corrected chi connectivity index (χ2v) is 5.12. The monoisotopic (exact) mass is 287 g/mol. The van der Waals surface area contributed by atoms with Crippen LogP contribution in [0.1, 0.15) is 5.69 Å². The van der Waals surface area contributed by atoms with Crippen molar-refractivity contribution in [1.29, 1.82) is 0 Å². The fourth-order valence-corrected chi connectivity index (χ4v) is 2.93. The van der Waals surface area contributed by atoms with E-state index in [1.807, 2.05) is 5.38 Å². The van der Waals surface area contributed by atoms with Gasteiger partial charge in [0.15, 0.2) is 4.96 Å². The molecule has 0 unspecified atom stereocenters. The fraction of sp³-hybridized carbons (Fsp3) is 0.0769. The van der Waals surface area contributed by atoms with E-state index in [2.05, 4.69) is 4.98 Å². The molecule has 1 aromatic carbocycles. The molecule has 2 heterocycles. The molecular formula is C13H9N3O3S. The van der Waals surface area contributed by atoms with Crippen molar-refractivity contribution in [3.05, 3.63) is 61.9 Å². The third-order valence-electron chi connectivity index (χ3n) is 2.91. The van der Waals surface area contributed by atoms with Gasteiger partial charge in [-0.15, -0.1) is 11.3 Å². The highest BCUT2D eigenvalue weighted by Gasteiger charge is 2.11. The summed E-state index contributed by atoms with van der Waals surface area (Å²) in [6.45, 7) is 1.77. The molecule has 0 aliphatic heterocycles. The summed E-state index contributed by atoms with van der Waals surface area (Å²) in [5.41, 5.74) is 1.98. The SMILES string of the molecule is Cc1cc(=O)n2c(-c3ccc([N+](=O)[O-])cc3)csc2n1. The molecule has 0 saturated carbocycles. The van der Waals surface area contributed by atoms with Crippen molar-refractivity contribution >= 4 is 22.0 Å². The van der Waals surface area contributed by atoms with Crippen molar-refractivity contribution in [2.75, 3.05) is 0 Å². The van der Waals surface area contributed by atoms with Crippen LogP contribution in [0.2, 0.25) is 0 Å². The number of rotatable bonds is 2.